The Morgan fingerprint density at radius 2 is 2.18 bits per heavy atom. The van der Waals surface area contributed by atoms with E-state index in [1.54, 1.807) is 30.6 Å². The molecule has 0 saturated carbocycles. The van der Waals surface area contributed by atoms with Crippen LogP contribution in [0.25, 0.3) is 6.08 Å². The first-order valence-corrected chi connectivity index (χ1v) is 7.18. The molecule has 2 aromatic rings. The van der Waals surface area contributed by atoms with E-state index in [9.17, 15) is 0 Å². The molecule has 0 amide bonds. The van der Waals surface area contributed by atoms with Crippen LogP contribution in [-0.2, 0) is 0 Å². The van der Waals surface area contributed by atoms with E-state index < -0.39 is 0 Å². The number of rotatable bonds is 6. The molecule has 0 unspecified atom stereocenters. The van der Waals surface area contributed by atoms with Crippen molar-refractivity contribution < 1.29 is 4.74 Å². The van der Waals surface area contributed by atoms with E-state index in [1.165, 1.54) is 0 Å². The molecule has 0 fully saturated rings. The van der Waals surface area contributed by atoms with Gasteiger partial charge in [0.25, 0.3) is 0 Å². The zero-order valence-corrected chi connectivity index (χ0v) is 12.8. The van der Waals surface area contributed by atoms with Crippen LogP contribution in [0.2, 0.25) is 0 Å². The van der Waals surface area contributed by atoms with Crippen LogP contribution < -0.4 is 10.1 Å². The van der Waals surface area contributed by atoms with Crippen molar-refractivity contribution in [3.8, 4) is 17.6 Å². The summed E-state index contributed by atoms with van der Waals surface area (Å²) in [6, 6.07) is 11.5. The second-order valence-corrected chi connectivity index (χ2v) is 5.02. The second kappa shape index (κ2) is 7.96. The number of nitriles is 1. The summed E-state index contributed by atoms with van der Waals surface area (Å²) in [4.78, 5) is 4.18. The van der Waals surface area contributed by atoms with Crippen molar-refractivity contribution in [3.63, 3.8) is 0 Å². The topological polar surface area (TPSA) is 57.9 Å². The fourth-order valence-corrected chi connectivity index (χ4v) is 1.87. The van der Waals surface area contributed by atoms with E-state index in [0.717, 1.165) is 12.0 Å². The van der Waals surface area contributed by atoms with E-state index in [2.05, 4.69) is 29.4 Å². The predicted octanol–water partition coefficient (Wildman–Crippen LogP) is 3.76. The molecule has 0 spiro atoms. The van der Waals surface area contributed by atoms with Gasteiger partial charge in [-0.25, -0.2) is 0 Å². The lowest BCUT2D eigenvalue weighted by molar-refractivity contribution is 0.480. The van der Waals surface area contributed by atoms with Gasteiger partial charge in [0.15, 0.2) is 0 Å². The van der Waals surface area contributed by atoms with Gasteiger partial charge in [-0.2, -0.15) is 5.26 Å². The Balaban J connectivity index is 2.06. The van der Waals surface area contributed by atoms with Crippen LogP contribution in [0.15, 0.2) is 48.8 Å². The fraction of sp³-hybridized carbons (Fsp3) is 0.222. The van der Waals surface area contributed by atoms with Crippen LogP contribution in [0.4, 0.5) is 0 Å². The first kappa shape index (κ1) is 15.7. The quantitative estimate of drug-likeness (QED) is 0.881. The number of aromatic nitrogens is 1. The van der Waals surface area contributed by atoms with Gasteiger partial charge in [-0.05, 0) is 50.2 Å². The lowest BCUT2D eigenvalue weighted by atomic mass is 10.2. The Hall–Kier alpha value is -2.64. The highest BCUT2D eigenvalue weighted by Gasteiger charge is 2.00. The summed E-state index contributed by atoms with van der Waals surface area (Å²) in [6.45, 7) is 2.13. The SMILES string of the molecule is CN[C@H](C)CC=Cc1cncc(Oc2cccc(C#N)c2)c1. The zero-order valence-electron chi connectivity index (χ0n) is 12.8. The average Bonchev–Trinajstić information content (AvgIpc) is 2.55. The van der Waals surface area contributed by atoms with Crippen molar-refractivity contribution in [1.29, 1.82) is 5.26 Å². The zero-order chi connectivity index (χ0) is 15.8. The molecule has 1 atom stereocenters. The van der Waals surface area contributed by atoms with Gasteiger partial charge in [0.1, 0.15) is 11.5 Å². The van der Waals surface area contributed by atoms with Crippen LogP contribution in [0.3, 0.4) is 0 Å². The molecule has 0 saturated heterocycles. The largest absolute Gasteiger partial charge is 0.456 e. The monoisotopic (exact) mass is 293 g/mol. The molecule has 112 valence electrons. The second-order valence-electron chi connectivity index (χ2n) is 5.02. The first-order chi connectivity index (χ1) is 10.7. The van der Waals surface area contributed by atoms with Gasteiger partial charge >= 0.3 is 0 Å². The molecule has 22 heavy (non-hydrogen) atoms. The smallest absolute Gasteiger partial charge is 0.146 e. The summed E-state index contributed by atoms with van der Waals surface area (Å²) in [6.07, 6.45) is 8.54. The Morgan fingerprint density at radius 3 is 2.95 bits per heavy atom. The van der Waals surface area contributed by atoms with E-state index >= 15 is 0 Å². The number of benzene rings is 1. The Labute approximate surface area is 131 Å². The minimum atomic E-state index is 0.442. The molecule has 1 heterocycles. The van der Waals surface area contributed by atoms with Crippen molar-refractivity contribution in [1.82, 2.24) is 10.3 Å². The molecule has 0 radical (unpaired) electrons. The van der Waals surface area contributed by atoms with E-state index in [-0.39, 0.29) is 0 Å². The lowest BCUT2D eigenvalue weighted by Gasteiger charge is -2.07. The number of nitrogens with one attached hydrogen (secondary N) is 1. The third-order valence-corrected chi connectivity index (χ3v) is 3.23. The molecule has 2 rings (SSSR count). The van der Waals surface area contributed by atoms with Crippen molar-refractivity contribution in [2.75, 3.05) is 7.05 Å². The maximum absolute atomic E-state index is 8.90. The number of nitrogens with zero attached hydrogens (tertiary/aromatic N) is 2. The fourth-order valence-electron chi connectivity index (χ4n) is 1.87. The molecule has 0 aliphatic carbocycles. The molecular weight excluding hydrogens is 274 g/mol. The summed E-state index contributed by atoms with van der Waals surface area (Å²) in [7, 11) is 1.95. The molecule has 4 nitrogen and oxygen atoms in total. The Kier molecular flexibility index (Phi) is 5.70. The minimum absolute atomic E-state index is 0.442. The molecule has 0 bridgehead atoms. The van der Waals surface area contributed by atoms with Gasteiger partial charge in [0.2, 0.25) is 0 Å². The molecule has 1 N–H and O–H groups in total. The van der Waals surface area contributed by atoms with Crippen molar-refractivity contribution >= 4 is 6.08 Å². The van der Waals surface area contributed by atoms with Gasteiger partial charge in [-0.3, -0.25) is 4.98 Å². The molecule has 4 heteroatoms. The van der Waals surface area contributed by atoms with Crippen LogP contribution >= 0.6 is 0 Å². The maximum atomic E-state index is 8.90. The molecule has 0 aliphatic rings. The lowest BCUT2D eigenvalue weighted by Crippen LogP contribution is -2.19. The summed E-state index contributed by atoms with van der Waals surface area (Å²) < 4.78 is 5.75. The van der Waals surface area contributed by atoms with Crippen LogP contribution in [-0.4, -0.2) is 18.1 Å². The Bertz CT molecular complexity index is 689. The predicted molar refractivity (Wildman–Crippen MR) is 87.6 cm³/mol. The molecular formula is C18H19N3O. The van der Waals surface area contributed by atoms with Crippen LogP contribution in [0, 0.1) is 11.3 Å². The molecule has 1 aromatic heterocycles. The summed E-state index contributed by atoms with van der Waals surface area (Å²) in [5.41, 5.74) is 1.56. The van der Waals surface area contributed by atoms with E-state index in [0.29, 0.717) is 23.1 Å². The standard InChI is InChI=1S/C18H19N3O/c1-14(20-2)5-3-7-16-10-18(13-21-12-16)22-17-8-4-6-15(9-17)11-19/h3-4,6-10,12-14,20H,5H2,1-2H3/t14-/m1/s1. The highest BCUT2D eigenvalue weighted by molar-refractivity contribution is 5.50. The van der Waals surface area contributed by atoms with Gasteiger partial charge in [0, 0.05) is 12.2 Å². The number of pyridine rings is 1. The summed E-state index contributed by atoms with van der Waals surface area (Å²) in [5, 5.41) is 12.1. The number of hydrogen-bond acceptors (Lipinski definition) is 4. The molecule has 1 aromatic carbocycles. The minimum Gasteiger partial charge on any atom is -0.456 e. The summed E-state index contributed by atoms with van der Waals surface area (Å²) >= 11 is 0. The van der Waals surface area contributed by atoms with Gasteiger partial charge in [-0.1, -0.05) is 18.2 Å². The highest BCUT2D eigenvalue weighted by atomic mass is 16.5. The highest BCUT2D eigenvalue weighted by Crippen LogP contribution is 2.22. The van der Waals surface area contributed by atoms with Crippen molar-refractivity contribution in [2.45, 2.75) is 19.4 Å². The third-order valence-electron chi connectivity index (χ3n) is 3.23. The van der Waals surface area contributed by atoms with E-state index in [1.807, 2.05) is 25.3 Å². The van der Waals surface area contributed by atoms with E-state index in [4.69, 9.17) is 10.00 Å². The van der Waals surface area contributed by atoms with Crippen molar-refractivity contribution in [2.24, 2.45) is 0 Å². The molecule has 0 aliphatic heterocycles. The van der Waals surface area contributed by atoms with Crippen molar-refractivity contribution in [3.05, 3.63) is 59.9 Å². The third kappa shape index (κ3) is 4.72. The maximum Gasteiger partial charge on any atom is 0.146 e. The van der Waals surface area contributed by atoms with Gasteiger partial charge < -0.3 is 10.1 Å². The Morgan fingerprint density at radius 1 is 1.32 bits per heavy atom. The summed E-state index contributed by atoms with van der Waals surface area (Å²) in [5.74, 6) is 1.28. The first-order valence-electron chi connectivity index (χ1n) is 7.18. The number of ether oxygens (including phenoxy) is 1. The van der Waals surface area contributed by atoms with Gasteiger partial charge in [-0.15, -0.1) is 0 Å². The van der Waals surface area contributed by atoms with Gasteiger partial charge in [0.05, 0.1) is 17.8 Å². The van der Waals surface area contributed by atoms with Crippen LogP contribution in [0.5, 0.6) is 11.5 Å². The normalized spacial score (nSPS) is 12.0. The van der Waals surface area contributed by atoms with Crippen LogP contribution in [0.1, 0.15) is 24.5 Å². The average molecular weight is 293 g/mol. The number of hydrogen-bond donors (Lipinski definition) is 1.